The van der Waals surface area contributed by atoms with Gasteiger partial charge in [0.2, 0.25) is 0 Å². The number of thiophene rings is 1. The van der Waals surface area contributed by atoms with Gasteiger partial charge in [0.25, 0.3) is 0 Å². The van der Waals surface area contributed by atoms with Crippen LogP contribution in [0.15, 0.2) is 35.7 Å². The smallest absolute Gasteiger partial charge is 0.123 e. The highest BCUT2D eigenvalue weighted by atomic mass is 32.1. The van der Waals surface area contributed by atoms with E-state index in [1.165, 1.54) is 17.0 Å². The standard InChI is InChI=1S/C16H20FN3S/c1-11(2)20(10-14-4-3-7-21-14)9-12-5-6-13(17)8-15(12)16(18)19/h3-8,11H,9-10H2,1-2H3,(H3,18,19). The van der Waals surface area contributed by atoms with Crippen molar-refractivity contribution < 1.29 is 4.39 Å². The number of halogens is 1. The number of hydrogen-bond acceptors (Lipinski definition) is 3. The van der Waals surface area contributed by atoms with E-state index in [9.17, 15) is 4.39 Å². The second-order valence-corrected chi connectivity index (χ2v) is 6.33. The van der Waals surface area contributed by atoms with Crippen molar-refractivity contribution in [2.45, 2.75) is 33.0 Å². The average Bonchev–Trinajstić information content (AvgIpc) is 2.92. The van der Waals surface area contributed by atoms with Gasteiger partial charge < -0.3 is 5.73 Å². The van der Waals surface area contributed by atoms with E-state index in [-0.39, 0.29) is 11.7 Å². The van der Waals surface area contributed by atoms with Gasteiger partial charge in [-0.15, -0.1) is 11.3 Å². The first-order valence-corrected chi connectivity index (χ1v) is 7.74. The van der Waals surface area contributed by atoms with Crippen molar-refractivity contribution >= 4 is 17.2 Å². The van der Waals surface area contributed by atoms with Crippen molar-refractivity contribution in [1.29, 1.82) is 5.41 Å². The number of hydrogen-bond donors (Lipinski definition) is 2. The molecule has 3 N–H and O–H groups in total. The second-order valence-electron chi connectivity index (χ2n) is 5.29. The summed E-state index contributed by atoms with van der Waals surface area (Å²) in [5.41, 5.74) is 6.93. The number of rotatable bonds is 6. The van der Waals surface area contributed by atoms with Gasteiger partial charge in [-0.05, 0) is 43.0 Å². The maximum atomic E-state index is 13.3. The Kier molecular flexibility index (Phi) is 5.09. The lowest BCUT2D eigenvalue weighted by Crippen LogP contribution is -2.30. The van der Waals surface area contributed by atoms with Crippen molar-refractivity contribution in [3.8, 4) is 0 Å². The lowest BCUT2D eigenvalue weighted by molar-refractivity contribution is 0.205. The minimum Gasteiger partial charge on any atom is -0.384 e. The van der Waals surface area contributed by atoms with Crippen LogP contribution in [-0.4, -0.2) is 16.8 Å². The number of nitrogens with zero attached hydrogens (tertiary/aromatic N) is 1. The van der Waals surface area contributed by atoms with E-state index >= 15 is 0 Å². The summed E-state index contributed by atoms with van der Waals surface area (Å²) in [6.07, 6.45) is 0. The third kappa shape index (κ3) is 4.12. The molecule has 0 saturated heterocycles. The molecule has 0 amide bonds. The molecular weight excluding hydrogens is 285 g/mol. The molecule has 1 aromatic heterocycles. The van der Waals surface area contributed by atoms with Crippen LogP contribution < -0.4 is 5.73 Å². The molecule has 1 heterocycles. The second kappa shape index (κ2) is 6.83. The van der Waals surface area contributed by atoms with Crippen molar-refractivity contribution in [1.82, 2.24) is 4.90 Å². The zero-order valence-corrected chi connectivity index (χ0v) is 13.1. The van der Waals surface area contributed by atoms with Gasteiger partial charge in [-0.2, -0.15) is 0 Å². The van der Waals surface area contributed by atoms with Gasteiger partial charge in [0.05, 0.1) is 0 Å². The van der Waals surface area contributed by atoms with Gasteiger partial charge in [0.1, 0.15) is 11.7 Å². The largest absolute Gasteiger partial charge is 0.384 e. The Bertz CT molecular complexity index is 608. The molecule has 3 nitrogen and oxygen atoms in total. The highest BCUT2D eigenvalue weighted by molar-refractivity contribution is 7.09. The molecule has 0 fully saturated rings. The molecule has 0 aliphatic rings. The van der Waals surface area contributed by atoms with E-state index in [2.05, 4.69) is 30.2 Å². The number of benzene rings is 1. The SMILES string of the molecule is CC(C)N(Cc1cccs1)Cc1ccc(F)cc1C(=N)N. The predicted molar refractivity (Wildman–Crippen MR) is 86.1 cm³/mol. The van der Waals surface area contributed by atoms with Gasteiger partial charge in [-0.3, -0.25) is 10.3 Å². The molecule has 2 rings (SSSR count). The number of nitrogens with one attached hydrogen (secondary N) is 1. The Morgan fingerprint density at radius 3 is 2.67 bits per heavy atom. The minimum atomic E-state index is -0.363. The lowest BCUT2D eigenvalue weighted by Gasteiger charge is -2.27. The molecule has 5 heteroatoms. The third-order valence-corrected chi connectivity index (χ3v) is 4.27. The van der Waals surface area contributed by atoms with E-state index in [0.29, 0.717) is 18.2 Å². The molecule has 0 saturated carbocycles. The average molecular weight is 305 g/mol. The molecule has 0 aliphatic carbocycles. The molecule has 0 spiro atoms. The van der Waals surface area contributed by atoms with E-state index in [0.717, 1.165) is 12.1 Å². The van der Waals surface area contributed by atoms with Gasteiger partial charge in [-0.1, -0.05) is 12.1 Å². The van der Waals surface area contributed by atoms with Gasteiger partial charge in [0, 0.05) is 29.6 Å². The fourth-order valence-electron chi connectivity index (χ4n) is 2.18. The predicted octanol–water partition coefficient (Wildman–Crippen LogP) is 3.58. The van der Waals surface area contributed by atoms with Crippen molar-refractivity contribution in [2.24, 2.45) is 5.73 Å². The Morgan fingerprint density at radius 2 is 2.10 bits per heavy atom. The molecule has 112 valence electrons. The summed E-state index contributed by atoms with van der Waals surface area (Å²) in [5.74, 6) is -0.456. The summed E-state index contributed by atoms with van der Waals surface area (Å²) in [6, 6.07) is 8.97. The fraction of sp³-hybridized carbons (Fsp3) is 0.312. The normalized spacial score (nSPS) is 11.3. The topological polar surface area (TPSA) is 53.1 Å². The van der Waals surface area contributed by atoms with Crippen LogP contribution in [0.1, 0.15) is 29.9 Å². The number of nitrogens with two attached hydrogens (primary N) is 1. The van der Waals surface area contributed by atoms with Gasteiger partial charge >= 0.3 is 0 Å². The summed E-state index contributed by atoms with van der Waals surface area (Å²) >= 11 is 1.72. The Hall–Kier alpha value is -1.72. The lowest BCUT2D eigenvalue weighted by atomic mass is 10.1. The quantitative estimate of drug-likeness (QED) is 0.633. The summed E-state index contributed by atoms with van der Waals surface area (Å²) in [7, 11) is 0. The molecule has 0 unspecified atom stereocenters. The van der Waals surface area contributed by atoms with Crippen LogP contribution in [0.4, 0.5) is 4.39 Å². The maximum Gasteiger partial charge on any atom is 0.123 e. The monoisotopic (exact) mass is 305 g/mol. The number of amidine groups is 1. The Labute approximate surface area is 128 Å². The molecule has 21 heavy (non-hydrogen) atoms. The zero-order valence-electron chi connectivity index (χ0n) is 12.3. The summed E-state index contributed by atoms with van der Waals surface area (Å²) in [5, 5.41) is 9.68. The third-order valence-electron chi connectivity index (χ3n) is 3.40. The van der Waals surface area contributed by atoms with Gasteiger partial charge in [0.15, 0.2) is 0 Å². The number of nitrogen functional groups attached to an aromatic ring is 1. The Balaban J connectivity index is 2.22. The minimum absolute atomic E-state index is 0.0932. The maximum absolute atomic E-state index is 13.3. The molecular formula is C16H20FN3S. The van der Waals surface area contributed by atoms with Crippen LogP contribution in [0.2, 0.25) is 0 Å². The van der Waals surface area contributed by atoms with Crippen LogP contribution in [0.25, 0.3) is 0 Å². The van der Waals surface area contributed by atoms with E-state index in [4.69, 9.17) is 11.1 Å². The molecule has 0 radical (unpaired) electrons. The molecule has 2 aromatic rings. The first-order valence-electron chi connectivity index (χ1n) is 6.86. The van der Waals surface area contributed by atoms with Crippen LogP contribution in [0.3, 0.4) is 0 Å². The van der Waals surface area contributed by atoms with Crippen LogP contribution in [0, 0.1) is 11.2 Å². The highest BCUT2D eigenvalue weighted by Crippen LogP contribution is 2.19. The first-order chi connectivity index (χ1) is 9.97. The van der Waals surface area contributed by atoms with E-state index in [1.807, 2.05) is 6.07 Å². The molecule has 0 atom stereocenters. The zero-order chi connectivity index (χ0) is 15.4. The van der Waals surface area contributed by atoms with Crippen LogP contribution in [0.5, 0.6) is 0 Å². The molecule has 0 bridgehead atoms. The van der Waals surface area contributed by atoms with E-state index < -0.39 is 0 Å². The summed E-state index contributed by atoms with van der Waals surface area (Å²) < 4.78 is 13.3. The fourth-order valence-corrected chi connectivity index (χ4v) is 2.91. The van der Waals surface area contributed by atoms with Crippen molar-refractivity contribution in [3.63, 3.8) is 0 Å². The van der Waals surface area contributed by atoms with Crippen molar-refractivity contribution in [3.05, 3.63) is 57.5 Å². The van der Waals surface area contributed by atoms with Crippen LogP contribution in [-0.2, 0) is 13.1 Å². The summed E-state index contributed by atoms with van der Waals surface area (Å²) in [6.45, 7) is 5.74. The first kappa shape index (κ1) is 15.7. The Morgan fingerprint density at radius 1 is 1.33 bits per heavy atom. The highest BCUT2D eigenvalue weighted by Gasteiger charge is 2.15. The molecule has 0 aliphatic heterocycles. The summed E-state index contributed by atoms with van der Waals surface area (Å²) in [4.78, 5) is 3.57. The van der Waals surface area contributed by atoms with Crippen molar-refractivity contribution in [2.75, 3.05) is 0 Å². The van der Waals surface area contributed by atoms with Crippen LogP contribution >= 0.6 is 11.3 Å². The molecule has 1 aromatic carbocycles. The van der Waals surface area contributed by atoms with E-state index in [1.54, 1.807) is 17.4 Å². The van der Waals surface area contributed by atoms with Gasteiger partial charge in [-0.25, -0.2) is 4.39 Å².